The van der Waals surface area contributed by atoms with Crippen molar-refractivity contribution in [2.24, 2.45) is 4.99 Å². The lowest BCUT2D eigenvalue weighted by Crippen LogP contribution is -2.45. The molecule has 1 aromatic heterocycles. The van der Waals surface area contributed by atoms with Crippen LogP contribution in [0.15, 0.2) is 58.4 Å². The molecule has 2 heterocycles. The van der Waals surface area contributed by atoms with Gasteiger partial charge in [-0.1, -0.05) is 30.3 Å². The van der Waals surface area contributed by atoms with Crippen LogP contribution >= 0.6 is 24.0 Å². The zero-order valence-corrected chi connectivity index (χ0v) is 20.3. The molecule has 0 aliphatic carbocycles. The van der Waals surface area contributed by atoms with Crippen LogP contribution in [-0.4, -0.2) is 53.8 Å². The highest BCUT2D eigenvalue weighted by molar-refractivity contribution is 14.0. The summed E-state index contributed by atoms with van der Waals surface area (Å²) in [6, 6.07) is 12.9. The number of aliphatic imine (C=N–C) groups is 1. The van der Waals surface area contributed by atoms with E-state index < -0.39 is 12.7 Å². The Hall–Kier alpha value is -2.08. The number of hydrogen-bond acceptors (Lipinski definition) is 3. The fourth-order valence-corrected chi connectivity index (χ4v) is 3.57. The fourth-order valence-electron chi connectivity index (χ4n) is 3.57. The molecule has 1 unspecified atom stereocenters. The van der Waals surface area contributed by atoms with Gasteiger partial charge in [0.15, 0.2) is 5.96 Å². The van der Waals surface area contributed by atoms with Gasteiger partial charge in [-0.25, -0.2) is 4.99 Å². The van der Waals surface area contributed by atoms with Crippen molar-refractivity contribution in [3.8, 4) is 0 Å². The molecule has 6 nitrogen and oxygen atoms in total. The van der Waals surface area contributed by atoms with E-state index >= 15 is 0 Å². The Morgan fingerprint density at radius 1 is 1.16 bits per heavy atom. The number of aromatic nitrogens is 1. The van der Waals surface area contributed by atoms with Crippen LogP contribution < -0.4 is 16.2 Å². The maximum Gasteiger partial charge on any atom is 0.401 e. The third-order valence-corrected chi connectivity index (χ3v) is 5.05. The third kappa shape index (κ3) is 8.45. The molecular formula is C22H29F3IN5O. The van der Waals surface area contributed by atoms with E-state index in [2.05, 4.69) is 15.6 Å². The van der Waals surface area contributed by atoms with Gasteiger partial charge in [0.05, 0.1) is 19.6 Å². The molecule has 1 aliphatic rings. The zero-order chi connectivity index (χ0) is 22.3. The summed E-state index contributed by atoms with van der Waals surface area (Å²) in [6.45, 7) is 3.45. The van der Waals surface area contributed by atoms with Gasteiger partial charge in [-0.15, -0.1) is 24.0 Å². The summed E-state index contributed by atoms with van der Waals surface area (Å²) in [5.74, 6) is 0.598. The maximum absolute atomic E-state index is 12.6. The first-order chi connectivity index (χ1) is 14.8. The van der Waals surface area contributed by atoms with E-state index in [-0.39, 0.29) is 35.6 Å². The van der Waals surface area contributed by atoms with Crippen molar-refractivity contribution in [2.75, 3.05) is 26.2 Å². The molecule has 2 aromatic rings. The van der Waals surface area contributed by atoms with Crippen LogP contribution in [0.3, 0.4) is 0 Å². The van der Waals surface area contributed by atoms with Crippen LogP contribution in [0.25, 0.3) is 0 Å². The fraction of sp³-hybridized carbons (Fsp3) is 0.455. The van der Waals surface area contributed by atoms with E-state index in [0.29, 0.717) is 45.1 Å². The van der Waals surface area contributed by atoms with Crippen molar-refractivity contribution in [3.05, 3.63) is 70.1 Å². The van der Waals surface area contributed by atoms with Crippen LogP contribution in [0.4, 0.5) is 13.2 Å². The summed E-state index contributed by atoms with van der Waals surface area (Å²) in [5, 5.41) is 6.40. The van der Waals surface area contributed by atoms with E-state index in [1.54, 1.807) is 16.8 Å². The molecule has 1 atom stereocenters. The molecule has 0 saturated carbocycles. The molecule has 0 amide bonds. The summed E-state index contributed by atoms with van der Waals surface area (Å²) >= 11 is 0. The Balaban J connectivity index is 0.00000363. The van der Waals surface area contributed by atoms with E-state index in [1.807, 2.05) is 37.3 Å². The number of alkyl halides is 3. The minimum absolute atomic E-state index is 0. The van der Waals surface area contributed by atoms with Crippen molar-refractivity contribution in [1.82, 2.24) is 20.1 Å². The predicted octanol–water partition coefficient (Wildman–Crippen LogP) is 3.21. The quantitative estimate of drug-likeness (QED) is 0.309. The van der Waals surface area contributed by atoms with Crippen molar-refractivity contribution < 1.29 is 13.2 Å². The van der Waals surface area contributed by atoms with Gasteiger partial charge in [0.25, 0.3) is 5.56 Å². The molecule has 1 aliphatic heterocycles. The zero-order valence-electron chi connectivity index (χ0n) is 17.9. The van der Waals surface area contributed by atoms with Crippen molar-refractivity contribution in [3.63, 3.8) is 0 Å². The highest BCUT2D eigenvalue weighted by Crippen LogP contribution is 2.20. The SMILES string of the molecule is CCNC(=NCc1ccc(Cn2ccccc2=O)cc1)NC1CCN(CC(F)(F)F)C1.I. The normalized spacial score (nSPS) is 17.1. The number of nitrogens with zero attached hydrogens (tertiary/aromatic N) is 3. The second kappa shape index (κ2) is 12.2. The average Bonchev–Trinajstić information content (AvgIpc) is 3.14. The smallest absolute Gasteiger partial charge is 0.357 e. The van der Waals surface area contributed by atoms with E-state index in [1.165, 1.54) is 11.0 Å². The molecule has 32 heavy (non-hydrogen) atoms. The number of guanidine groups is 1. The topological polar surface area (TPSA) is 61.7 Å². The van der Waals surface area contributed by atoms with Gasteiger partial charge in [-0.2, -0.15) is 13.2 Å². The monoisotopic (exact) mass is 563 g/mol. The maximum atomic E-state index is 12.6. The minimum Gasteiger partial charge on any atom is -0.357 e. The van der Waals surface area contributed by atoms with E-state index in [9.17, 15) is 18.0 Å². The first-order valence-electron chi connectivity index (χ1n) is 10.4. The van der Waals surface area contributed by atoms with Crippen molar-refractivity contribution >= 4 is 29.9 Å². The van der Waals surface area contributed by atoms with Crippen LogP contribution in [0.5, 0.6) is 0 Å². The first-order valence-corrected chi connectivity index (χ1v) is 10.4. The number of halogens is 4. The van der Waals surface area contributed by atoms with E-state index in [0.717, 1.165) is 11.1 Å². The van der Waals surface area contributed by atoms with Crippen molar-refractivity contribution in [1.29, 1.82) is 0 Å². The Morgan fingerprint density at radius 3 is 2.53 bits per heavy atom. The molecule has 0 bridgehead atoms. The summed E-state index contributed by atoms with van der Waals surface area (Å²) in [6.07, 6.45) is -1.77. The van der Waals surface area contributed by atoms with Crippen LogP contribution in [0.2, 0.25) is 0 Å². The number of hydrogen-bond donors (Lipinski definition) is 2. The van der Waals surface area contributed by atoms with Crippen LogP contribution in [-0.2, 0) is 13.1 Å². The van der Waals surface area contributed by atoms with Gasteiger partial charge >= 0.3 is 6.18 Å². The van der Waals surface area contributed by atoms with Gasteiger partial charge < -0.3 is 15.2 Å². The number of benzene rings is 1. The number of rotatable bonds is 7. The lowest BCUT2D eigenvalue weighted by Gasteiger charge is -2.19. The molecule has 2 N–H and O–H groups in total. The lowest BCUT2D eigenvalue weighted by molar-refractivity contribution is -0.143. The number of likely N-dealkylation sites (tertiary alicyclic amines) is 1. The second-order valence-corrected chi connectivity index (χ2v) is 7.66. The number of nitrogens with one attached hydrogen (secondary N) is 2. The predicted molar refractivity (Wildman–Crippen MR) is 131 cm³/mol. The van der Waals surface area contributed by atoms with Gasteiger partial charge in [0, 0.05) is 37.9 Å². The third-order valence-electron chi connectivity index (χ3n) is 5.05. The molecule has 0 radical (unpaired) electrons. The standard InChI is InChI=1S/C22H28F3N5O.HI/c1-2-26-21(28-19-10-12-29(15-19)16-22(23,24)25)27-13-17-6-8-18(9-7-17)14-30-11-4-3-5-20(30)31;/h3-9,11,19H,2,10,12-16H2,1H3,(H2,26,27,28);1H. The number of pyridine rings is 1. The summed E-state index contributed by atoms with van der Waals surface area (Å²) < 4.78 is 39.4. The molecule has 3 rings (SSSR count). The van der Waals surface area contributed by atoms with Gasteiger partial charge in [0.2, 0.25) is 0 Å². The Bertz CT molecular complexity index is 930. The Labute approximate surface area is 202 Å². The minimum atomic E-state index is -4.17. The second-order valence-electron chi connectivity index (χ2n) is 7.66. The van der Waals surface area contributed by atoms with Gasteiger partial charge in [-0.05, 0) is 30.5 Å². The molecule has 1 aromatic carbocycles. The summed E-state index contributed by atoms with van der Waals surface area (Å²) in [5.41, 5.74) is 1.98. The largest absolute Gasteiger partial charge is 0.401 e. The van der Waals surface area contributed by atoms with Crippen molar-refractivity contribution in [2.45, 2.75) is 38.7 Å². The van der Waals surface area contributed by atoms with Crippen LogP contribution in [0, 0.1) is 0 Å². The summed E-state index contributed by atoms with van der Waals surface area (Å²) in [7, 11) is 0. The van der Waals surface area contributed by atoms with Gasteiger partial charge in [0.1, 0.15) is 0 Å². The molecule has 0 spiro atoms. The molecule has 10 heteroatoms. The van der Waals surface area contributed by atoms with Crippen LogP contribution in [0.1, 0.15) is 24.5 Å². The highest BCUT2D eigenvalue weighted by atomic mass is 127. The van der Waals surface area contributed by atoms with Gasteiger partial charge in [-0.3, -0.25) is 9.69 Å². The molecule has 1 saturated heterocycles. The Morgan fingerprint density at radius 2 is 1.88 bits per heavy atom. The first kappa shape index (κ1) is 26.2. The molecular weight excluding hydrogens is 534 g/mol. The van der Waals surface area contributed by atoms with E-state index in [4.69, 9.17) is 0 Å². The highest BCUT2D eigenvalue weighted by Gasteiger charge is 2.34. The molecule has 1 fully saturated rings. The average molecular weight is 563 g/mol. The Kier molecular flexibility index (Phi) is 10.0. The summed E-state index contributed by atoms with van der Waals surface area (Å²) in [4.78, 5) is 17.8. The lowest BCUT2D eigenvalue weighted by atomic mass is 10.1. The molecule has 176 valence electrons.